The van der Waals surface area contributed by atoms with E-state index in [-0.39, 0.29) is 37.5 Å². The van der Waals surface area contributed by atoms with Crippen molar-refractivity contribution in [2.45, 2.75) is 83.8 Å². The number of nitrogens with one attached hydrogen (secondary N) is 2. The largest absolute Gasteiger partial charge is 0.360 e. The van der Waals surface area contributed by atoms with Crippen LogP contribution >= 0.6 is 15.9 Å². The number of nitrogens with zero attached hydrogens (tertiary/aromatic N) is 4. The standard InChI is InChI=1S/C27H37BrF2N6O2Si/c1-17-22(18(2)36(35-17)16-38-14-15-39(3,4)5)19-6-8-21(9-7-19)31-25(37)23(24-32-26(28)34-33-24)20-10-12-27(29,30)13-11-20/h6-9,20,23H,10-16H2,1-5H3,(H,31,37)(H,32,33,34). The normalized spacial score (nSPS) is 16.8. The van der Waals surface area contributed by atoms with E-state index in [1.165, 1.54) is 0 Å². The van der Waals surface area contributed by atoms with Crippen LogP contribution in [0, 0.1) is 19.8 Å². The van der Waals surface area contributed by atoms with Crippen LogP contribution in [0.25, 0.3) is 11.1 Å². The molecule has 2 N–H and O–H groups in total. The van der Waals surface area contributed by atoms with E-state index in [1.807, 2.05) is 42.8 Å². The Labute approximate surface area is 237 Å². The molecule has 4 rings (SSSR count). The molecular formula is C27H37BrF2N6O2Si. The second kappa shape index (κ2) is 12.0. The van der Waals surface area contributed by atoms with E-state index < -0.39 is 19.9 Å². The Morgan fingerprint density at radius 3 is 2.46 bits per heavy atom. The van der Waals surface area contributed by atoms with Crippen molar-refractivity contribution < 1.29 is 18.3 Å². The fraction of sp³-hybridized carbons (Fsp3) is 0.556. The van der Waals surface area contributed by atoms with Crippen LogP contribution in [0.15, 0.2) is 29.0 Å². The van der Waals surface area contributed by atoms with Gasteiger partial charge in [0.1, 0.15) is 18.5 Å². The smallest absolute Gasteiger partial charge is 0.248 e. The first-order valence-electron chi connectivity index (χ1n) is 13.3. The molecule has 1 aromatic carbocycles. The highest BCUT2D eigenvalue weighted by Gasteiger charge is 2.41. The lowest BCUT2D eigenvalue weighted by Crippen LogP contribution is -2.34. The highest BCUT2D eigenvalue weighted by Crippen LogP contribution is 2.42. The molecule has 0 aliphatic heterocycles. The number of hydrogen-bond acceptors (Lipinski definition) is 5. The maximum absolute atomic E-state index is 13.8. The van der Waals surface area contributed by atoms with Gasteiger partial charge in [0.15, 0.2) is 4.73 Å². The third kappa shape index (κ3) is 7.61. The van der Waals surface area contributed by atoms with Gasteiger partial charge in [-0.1, -0.05) is 31.8 Å². The van der Waals surface area contributed by atoms with Gasteiger partial charge in [0.05, 0.1) is 5.69 Å². The minimum absolute atomic E-state index is 0.235. The first-order chi connectivity index (χ1) is 18.3. The summed E-state index contributed by atoms with van der Waals surface area (Å²) in [5, 5.41) is 15.6. The van der Waals surface area contributed by atoms with Gasteiger partial charge in [-0.3, -0.25) is 4.79 Å². The number of carbonyl (C=O) groups excluding carboxylic acids is 1. The van der Waals surface area contributed by atoms with Gasteiger partial charge in [0, 0.05) is 44.5 Å². The zero-order chi connectivity index (χ0) is 28.4. The molecule has 8 nitrogen and oxygen atoms in total. The summed E-state index contributed by atoms with van der Waals surface area (Å²) in [5.74, 6) is -3.57. The lowest BCUT2D eigenvalue weighted by molar-refractivity contribution is -0.120. The molecular weight excluding hydrogens is 586 g/mol. The number of hydrogen-bond donors (Lipinski definition) is 2. The van der Waals surface area contributed by atoms with Crippen LogP contribution in [0.4, 0.5) is 14.5 Å². The number of amides is 1. The molecule has 0 saturated heterocycles. The minimum atomic E-state index is -2.68. The summed E-state index contributed by atoms with van der Waals surface area (Å²) in [6, 6.07) is 8.69. The van der Waals surface area contributed by atoms with Crippen LogP contribution in [0.5, 0.6) is 0 Å². The average molecular weight is 624 g/mol. The molecule has 0 bridgehead atoms. The van der Waals surface area contributed by atoms with E-state index in [9.17, 15) is 13.6 Å². The Morgan fingerprint density at radius 1 is 1.21 bits per heavy atom. The number of carbonyl (C=O) groups is 1. The van der Waals surface area contributed by atoms with Gasteiger partial charge in [-0.05, 0) is 72.3 Å². The van der Waals surface area contributed by atoms with E-state index in [0.717, 1.165) is 35.2 Å². The molecule has 212 valence electrons. The molecule has 1 aliphatic rings. The number of anilines is 1. The number of rotatable bonds is 10. The van der Waals surface area contributed by atoms with Crippen LogP contribution in [0.3, 0.4) is 0 Å². The van der Waals surface area contributed by atoms with Crippen LogP contribution in [0.1, 0.15) is 48.8 Å². The molecule has 3 aromatic rings. The quantitative estimate of drug-likeness (QED) is 0.189. The molecule has 1 unspecified atom stereocenters. The van der Waals surface area contributed by atoms with E-state index in [4.69, 9.17) is 4.74 Å². The van der Waals surface area contributed by atoms with Crippen molar-refractivity contribution in [1.29, 1.82) is 0 Å². The molecule has 1 saturated carbocycles. The summed E-state index contributed by atoms with van der Waals surface area (Å²) < 4.78 is 35.8. The highest BCUT2D eigenvalue weighted by atomic mass is 79.9. The van der Waals surface area contributed by atoms with Gasteiger partial charge < -0.3 is 15.0 Å². The SMILES string of the molecule is Cc1nn(COCC[Si](C)(C)C)c(C)c1-c1ccc(NC(=O)C(c2nnc(Br)[nH]2)C2CCC(F)(F)CC2)cc1. The zero-order valence-corrected chi connectivity index (χ0v) is 25.7. The van der Waals surface area contributed by atoms with Crippen molar-refractivity contribution in [1.82, 2.24) is 25.0 Å². The second-order valence-corrected chi connectivity index (χ2v) is 18.0. The van der Waals surface area contributed by atoms with Gasteiger partial charge >= 0.3 is 0 Å². The number of H-pyrrole nitrogens is 1. The van der Waals surface area contributed by atoms with E-state index >= 15 is 0 Å². The van der Waals surface area contributed by atoms with Crippen molar-refractivity contribution >= 4 is 35.6 Å². The summed E-state index contributed by atoms with van der Waals surface area (Å²) >= 11 is 3.23. The monoisotopic (exact) mass is 622 g/mol. The predicted octanol–water partition coefficient (Wildman–Crippen LogP) is 6.91. The van der Waals surface area contributed by atoms with Gasteiger partial charge in [0.2, 0.25) is 11.8 Å². The number of aromatic amines is 1. The Balaban J connectivity index is 1.45. The molecule has 1 fully saturated rings. The van der Waals surface area contributed by atoms with Crippen molar-refractivity contribution in [2.75, 3.05) is 11.9 Å². The molecule has 1 amide bonds. The number of aryl methyl sites for hydroxylation is 1. The maximum Gasteiger partial charge on any atom is 0.248 e. The zero-order valence-electron chi connectivity index (χ0n) is 23.2. The summed E-state index contributed by atoms with van der Waals surface area (Å²) in [6.07, 6.45) is 0.0157. The molecule has 1 atom stereocenters. The van der Waals surface area contributed by atoms with Crippen LogP contribution in [-0.4, -0.2) is 51.5 Å². The number of aromatic nitrogens is 5. The van der Waals surface area contributed by atoms with Crippen LogP contribution in [0.2, 0.25) is 25.7 Å². The third-order valence-electron chi connectivity index (χ3n) is 7.32. The minimum Gasteiger partial charge on any atom is -0.360 e. The average Bonchev–Trinajstić information content (AvgIpc) is 3.40. The molecule has 2 heterocycles. The molecule has 2 aromatic heterocycles. The van der Waals surface area contributed by atoms with E-state index in [1.54, 1.807) is 0 Å². The Hall–Kier alpha value is -2.44. The molecule has 0 radical (unpaired) electrons. The number of halogens is 3. The van der Waals surface area contributed by atoms with Crippen LogP contribution < -0.4 is 5.32 Å². The van der Waals surface area contributed by atoms with Crippen molar-refractivity contribution in [3.05, 3.63) is 46.2 Å². The van der Waals surface area contributed by atoms with Gasteiger partial charge in [-0.25, -0.2) is 13.5 Å². The predicted molar refractivity (Wildman–Crippen MR) is 154 cm³/mol. The van der Waals surface area contributed by atoms with Gasteiger partial charge in [0.25, 0.3) is 0 Å². The van der Waals surface area contributed by atoms with Crippen molar-refractivity contribution in [2.24, 2.45) is 5.92 Å². The molecule has 39 heavy (non-hydrogen) atoms. The number of ether oxygens (including phenoxy) is 1. The van der Waals surface area contributed by atoms with Gasteiger partial charge in [-0.2, -0.15) is 5.10 Å². The topological polar surface area (TPSA) is 97.7 Å². The van der Waals surface area contributed by atoms with E-state index in [0.29, 0.717) is 23.0 Å². The fourth-order valence-electron chi connectivity index (χ4n) is 5.06. The maximum atomic E-state index is 13.8. The third-order valence-corrected chi connectivity index (χ3v) is 9.38. The van der Waals surface area contributed by atoms with Gasteiger partial charge in [-0.15, -0.1) is 10.2 Å². The second-order valence-electron chi connectivity index (χ2n) is 11.6. The molecule has 1 aliphatic carbocycles. The lowest BCUT2D eigenvalue weighted by Gasteiger charge is -2.32. The fourth-order valence-corrected chi connectivity index (χ4v) is 6.10. The summed E-state index contributed by atoms with van der Waals surface area (Å²) in [6.45, 7) is 12.1. The van der Waals surface area contributed by atoms with E-state index in [2.05, 4.69) is 61.2 Å². The Morgan fingerprint density at radius 2 is 1.87 bits per heavy atom. The summed E-state index contributed by atoms with van der Waals surface area (Å²) in [5.41, 5.74) is 4.56. The Kier molecular flexibility index (Phi) is 9.07. The van der Waals surface area contributed by atoms with Crippen LogP contribution in [-0.2, 0) is 16.3 Å². The highest BCUT2D eigenvalue weighted by molar-refractivity contribution is 9.10. The summed E-state index contributed by atoms with van der Waals surface area (Å²) in [4.78, 5) is 16.4. The van der Waals surface area contributed by atoms with Crippen molar-refractivity contribution in [3.63, 3.8) is 0 Å². The van der Waals surface area contributed by atoms with Crippen molar-refractivity contribution in [3.8, 4) is 11.1 Å². The first kappa shape index (κ1) is 29.5. The molecule has 0 spiro atoms. The molecule has 12 heteroatoms. The summed E-state index contributed by atoms with van der Waals surface area (Å²) in [7, 11) is -1.15. The first-order valence-corrected chi connectivity index (χ1v) is 17.8. The number of benzene rings is 1. The Bertz CT molecular complexity index is 1280. The number of alkyl halides is 2. The lowest BCUT2D eigenvalue weighted by atomic mass is 9.77.